The van der Waals surface area contributed by atoms with Gasteiger partial charge in [0.1, 0.15) is 5.69 Å². The third kappa shape index (κ3) is 3.59. The molecule has 0 bridgehead atoms. The molecular formula is C11H15ClN2O4. The van der Waals surface area contributed by atoms with E-state index >= 15 is 0 Å². The predicted octanol–water partition coefficient (Wildman–Crippen LogP) is 2.27. The summed E-state index contributed by atoms with van der Waals surface area (Å²) in [6, 6.07) is 4.31. The number of carbonyl (C=O) groups is 1. The molecule has 0 aliphatic rings. The number of anilines is 1. The minimum absolute atomic E-state index is 0. The van der Waals surface area contributed by atoms with Crippen molar-refractivity contribution in [3.8, 4) is 0 Å². The van der Waals surface area contributed by atoms with Crippen LogP contribution in [0.3, 0.4) is 0 Å². The zero-order valence-electron chi connectivity index (χ0n) is 10.1. The molecule has 0 fully saturated rings. The Balaban J connectivity index is 0.00000289. The molecular weight excluding hydrogens is 260 g/mol. The summed E-state index contributed by atoms with van der Waals surface area (Å²) in [6.07, 6.45) is 0. The molecule has 0 saturated carbocycles. The Bertz CT molecular complexity index is 451. The lowest BCUT2D eigenvalue weighted by Crippen LogP contribution is -2.13. The van der Waals surface area contributed by atoms with Crippen LogP contribution in [-0.2, 0) is 9.53 Å². The molecule has 1 aromatic rings. The third-order valence-corrected chi connectivity index (χ3v) is 2.39. The number of hydrogen-bond donors (Lipinski definition) is 1. The standard InChI is InChI=1S/C11H14N2O4.ClH/c1-3-17-11(14)7(2)8-4-5-9(12)10(6-8)13(15)16;/h4-7H,3,12H2,1-2H3;1H. The molecule has 0 spiro atoms. The van der Waals surface area contributed by atoms with E-state index in [0.29, 0.717) is 5.56 Å². The zero-order valence-corrected chi connectivity index (χ0v) is 10.9. The Morgan fingerprint density at radius 3 is 2.67 bits per heavy atom. The van der Waals surface area contributed by atoms with Crippen molar-refractivity contribution in [3.63, 3.8) is 0 Å². The van der Waals surface area contributed by atoms with Gasteiger partial charge in [0.05, 0.1) is 17.4 Å². The molecule has 0 aliphatic heterocycles. The van der Waals surface area contributed by atoms with Gasteiger partial charge in [0, 0.05) is 6.07 Å². The lowest BCUT2D eigenvalue weighted by molar-refractivity contribution is -0.384. The van der Waals surface area contributed by atoms with Crippen LogP contribution >= 0.6 is 12.4 Å². The van der Waals surface area contributed by atoms with E-state index in [-0.39, 0.29) is 30.4 Å². The number of nitrogens with zero attached hydrogens (tertiary/aromatic N) is 1. The average molecular weight is 275 g/mol. The molecule has 0 aliphatic carbocycles. The number of ether oxygens (including phenoxy) is 1. The van der Waals surface area contributed by atoms with Gasteiger partial charge in [-0.15, -0.1) is 12.4 Å². The zero-order chi connectivity index (χ0) is 13.0. The Morgan fingerprint density at radius 2 is 2.17 bits per heavy atom. The average Bonchev–Trinajstić information content (AvgIpc) is 2.28. The number of benzene rings is 1. The molecule has 1 rings (SSSR count). The molecule has 100 valence electrons. The monoisotopic (exact) mass is 274 g/mol. The van der Waals surface area contributed by atoms with Gasteiger partial charge in [-0.1, -0.05) is 6.07 Å². The third-order valence-electron chi connectivity index (χ3n) is 2.39. The maximum atomic E-state index is 11.5. The fourth-order valence-electron chi connectivity index (χ4n) is 1.39. The summed E-state index contributed by atoms with van der Waals surface area (Å²) in [4.78, 5) is 21.6. The largest absolute Gasteiger partial charge is 0.466 e. The van der Waals surface area contributed by atoms with E-state index in [2.05, 4.69) is 0 Å². The summed E-state index contributed by atoms with van der Waals surface area (Å²) in [5.74, 6) is -0.958. The molecule has 7 heteroatoms. The Labute approximate surface area is 111 Å². The van der Waals surface area contributed by atoms with Gasteiger partial charge in [-0.3, -0.25) is 14.9 Å². The number of hydrogen-bond acceptors (Lipinski definition) is 5. The van der Waals surface area contributed by atoms with Crippen molar-refractivity contribution in [3.05, 3.63) is 33.9 Å². The van der Waals surface area contributed by atoms with Gasteiger partial charge in [-0.2, -0.15) is 0 Å². The lowest BCUT2D eigenvalue weighted by Gasteiger charge is -2.10. The number of nitro benzene ring substituents is 1. The maximum Gasteiger partial charge on any atom is 0.313 e. The number of esters is 1. The van der Waals surface area contributed by atoms with Gasteiger partial charge in [0.15, 0.2) is 0 Å². The highest BCUT2D eigenvalue weighted by molar-refractivity contribution is 5.85. The first kappa shape index (κ1) is 16.2. The molecule has 1 aromatic carbocycles. The molecule has 2 N–H and O–H groups in total. The van der Waals surface area contributed by atoms with Crippen molar-refractivity contribution in [1.29, 1.82) is 0 Å². The fraction of sp³-hybridized carbons (Fsp3) is 0.364. The number of halogens is 1. The number of nitro groups is 1. The van der Waals surface area contributed by atoms with Gasteiger partial charge in [-0.05, 0) is 25.5 Å². The second-order valence-corrected chi connectivity index (χ2v) is 3.55. The van der Waals surface area contributed by atoms with E-state index in [0.717, 1.165) is 0 Å². The van der Waals surface area contributed by atoms with Crippen molar-refractivity contribution < 1.29 is 14.5 Å². The summed E-state index contributed by atoms with van der Waals surface area (Å²) in [5.41, 5.74) is 5.87. The normalized spacial score (nSPS) is 11.2. The molecule has 0 heterocycles. The molecule has 1 unspecified atom stereocenters. The topological polar surface area (TPSA) is 95.5 Å². The quantitative estimate of drug-likeness (QED) is 0.393. The number of rotatable bonds is 4. The lowest BCUT2D eigenvalue weighted by atomic mass is 10.0. The Hall–Kier alpha value is -1.82. The van der Waals surface area contributed by atoms with Crippen LogP contribution in [0.1, 0.15) is 25.3 Å². The van der Waals surface area contributed by atoms with Crippen molar-refractivity contribution in [1.82, 2.24) is 0 Å². The van der Waals surface area contributed by atoms with Gasteiger partial charge >= 0.3 is 5.97 Å². The highest BCUT2D eigenvalue weighted by Crippen LogP contribution is 2.27. The van der Waals surface area contributed by atoms with Crippen molar-refractivity contribution in [2.24, 2.45) is 0 Å². The smallest absolute Gasteiger partial charge is 0.313 e. The van der Waals surface area contributed by atoms with E-state index in [4.69, 9.17) is 10.5 Å². The Kier molecular flexibility index (Phi) is 6.12. The highest BCUT2D eigenvalue weighted by atomic mass is 35.5. The maximum absolute atomic E-state index is 11.5. The van der Waals surface area contributed by atoms with Crippen LogP contribution in [0.5, 0.6) is 0 Å². The summed E-state index contributed by atoms with van der Waals surface area (Å²) in [6.45, 7) is 3.61. The van der Waals surface area contributed by atoms with Gasteiger partial charge in [0.25, 0.3) is 5.69 Å². The number of carbonyl (C=O) groups excluding carboxylic acids is 1. The minimum atomic E-state index is -0.573. The first-order valence-corrected chi connectivity index (χ1v) is 5.17. The van der Waals surface area contributed by atoms with Gasteiger partial charge in [-0.25, -0.2) is 0 Å². The second kappa shape index (κ2) is 6.80. The first-order valence-electron chi connectivity index (χ1n) is 5.17. The van der Waals surface area contributed by atoms with Crippen molar-refractivity contribution >= 4 is 29.8 Å². The second-order valence-electron chi connectivity index (χ2n) is 3.55. The van der Waals surface area contributed by atoms with Crippen LogP contribution in [0.15, 0.2) is 18.2 Å². The van der Waals surface area contributed by atoms with Crippen LogP contribution in [0.2, 0.25) is 0 Å². The van der Waals surface area contributed by atoms with Crippen molar-refractivity contribution in [2.45, 2.75) is 19.8 Å². The minimum Gasteiger partial charge on any atom is -0.466 e. The van der Waals surface area contributed by atoms with Crippen LogP contribution in [0, 0.1) is 10.1 Å². The predicted molar refractivity (Wildman–Crippen MR) is 69.8 cm³/mol. The summed E-state index contributed by atoms with van der Waals surface area (Å²) in [5, 5.41) is 10.7. The van der Waals surface area contributed by atoms with E-state index in [1.807, 2.05) is 0 Å². The Morgan fingerprint density at radius 1 is 1.56 bits per heavy atom. The van der Waals surface area contributed by atoms with Crippen LogP contribution in [0.25, 0.3) is 0 Å². The number of nitrogens with two attached hydrogens (primary N) is 1. The van der Waals surface area contributed by atoms with E-state index in [9.17, 15) is 14.9 Å². The molecule has 0 radical (unpaired) electrons. The van der Waals surface area contributed by atoms with Crippen LogP contribution < -0.4 is 5.73 Å². The highest BCUT2D eigenvalue weighted by Gasteiger charge is 2.20. The molecule has 0 saturated heterocycles. The van der Waals surface area contributed by atoms with E-state index in [1.54, 1.807) is 19.9 Å². The van der Waals surface area contributed by atoms with Crippen LogP contribution in [0.4, 0.5) is 11.4 Å². The molecule has 0 amide bonds. The van der Waals surface area contributed by atoms with E-state index in [1.165, 1.54) is 12.1 Å². The first-order chi connectivity index (χ1) is 7.97. The molecule has 0 aromatic heterocycles. The molecule has 1 atom stereocenters. The molecule has 18 heavy (non-hydrogen) atoms. The van der Waals surface area contributed by atoms with Gasteiger partial charge in [0.2, 0.25) is 0 Å². The summed E-state index contributed by atoms with van der Waals surface area (Å²) >= 11 is 0. The van der Waals surface area contributed by atoms with Crippen LogP contribution in [-0.4, -0.2) is 17.5 Å². The van der Waals surface area contributed by atoms with Crippen molar-refractivity contribution in [2.75, 3.05) is 12.3 Å². The molecule has 6 nitrogen and oxygen atoms in total. The summed E-state index contributed by atoms with van der Waals surface area (Å²) < 4.78 is 4.85. The fourth-order valence-corrected chi connectivity index (χ4v) is 1.39. The van der Waals surface area contributed by atoms with E-state index < -0.39 is 16.8 Å². The van der Waals surface area contributed by atoms with Gasteiger partial charge < -0.3 is 10.5 Å². The number of nitrogen functional groups attached to an aromatic ring is 1. The SMILES string of the molecule is CCOC(=O)C(C)c1ccc(N)c([N+](=O)[O-])c1.Cl. The summed E-state index contributed by atoms with van der Waals surface area (Å²) in [7, 11) is 0.